The predicted molar refractivity (Wildman–Crippen MR) is 145 cm³/mol. The second-order valence-corrected chi connectivity index (χ2v) is 10.4. The van der Waals surface area contributed by atoms with Gasteiger partial charge in [-0.25, -0.2) is 0 Å². The Kier molecular flexibility index (Phi) is 3.03. The molecule has 4 heterocycles. The number of fused-ring (bicyclic) bond motifs is 11. The molecular formula is C30H16BNOS. The summed E-state index contributed by atoms with van der Waals surface area (Å²) in [6.45, 7) is 0.136. The van der Waals surface area contributed by atoms with Crippen molar-refractivity contribution in [2.24, 2.45) is 0 Å². The van der Waals surface area contributed by atoms with Crippen molar-refractivity contribution < 1.29 is 4.74 Å². The highest BCUT2D eigenvalue weighted by molar-refractivity contribution is 7.26. The van der Waals surface area contributed by atoms with Gasteiger partial charge in [-0.2, -0.15) is 0 Å². The van der Waals surface area contributed by atoms with E-state index in [1.165, 1.54) is 64.1 Å². The molecule has 0 aliphatic carbocycles. The third-order valence-corrected chi connectivity index (χ3v) is 8.77. The van der Waals surface area contributed by atoms with Gasteiger partial charge in [-0.3, -0.25) is 0 Å². The van der Waals surface area contributed by atoms with Crippen molar-refractivity contribution in [2.75, 3.05) is 0 Å². The van der Waals surface area contributed by atoms with Crippen LogP contribution in [-0.2, 0) is 0 Å². The summed E-state index contributed by atoms with van der Waals surface area (Å²) in [6, 6.07) is 35.2. The fourth-order valence-electron chi connectivity index (χ4n) is 6.39. The molecule has 2 aliphatic heterocycles. The molecule has 156 valence electrons. The van der Waals surface area contributed by atoms with Gasteiger partial charge in [0.2, 0.25) is 0 Å². The lowest BCUT2D eigenvalue weighted by Gasteiger charge is -2.33. The molecule has 0 bridgehead atoms. The van der Waals surface area contributed by atoms with Crippen molar-refractivity contribution in [2.45, 2.75) is 0 Å². The lowest BCUT2D eigenvalue weighted by Crippen LogP contribution is -2.58. The van der Waals surface area contributed by atoms with E-state index in [2.05, 4.69) is 102 Å². The molecule has 2 aliphatic rings. The molecule has 7 aromatic rings. The summed E-state index contributed by atoms with van der Waals surface area (Å²) in [5, 5.41) is 5.38. The molecule has 0 fully saturated rings. The topological polar surface area (TPSA) is 14.2 Å². The Morgan fingerprint density at radius 3 is 2.41 bits per heavy atom. The van der Waals surface area contributed by atoms with E-state index < -0.39 is 0 Å². The zero-order chi connectivity index (χ0) is 22.0. The number of para-hydroxylation sites is 2. The van der Waals surface area contributed by atoms with Gasteiger partial charge in [0.15, 0.2) is 0 Å². The van der Waals surface area contributed by atoms with Gasteiger partial charge in [-0.1, -0.05) is 60.7 Å². The molecule has 0 spiro atoms. The number of hydrogen-bond acceptors (Lipinski definition) is 2. The molecule has 5 aromatic carbocycles. The minimum Gasteiger partial charge on any atom is -0.458 e. The van der Waals surface area contributed by atoms with Crippen LogP contribution >= 0.6 is 11.3 Å². The van der Waals surface area contributed by atoms with Crippen LogP contribution in [0.3, 0.4) is 0 Å². The van der Waals surface area contributed by atoms with E-state index >= 15 is 0 Å². The Hall–Kier alpha value is -4.02. The van der Waals surface area contributed by atoms with Gasteiger partial charge >= 0.3 is 0 Å². The molecule has 34 heavy (non-hydrogen) atoms. The molecular weight excluding hydrogens is 433 g/mol. The molecule has 0 radical (unpaired) electrons. The first kappa shape index (κ1) is 17.5. The van der Waals surface area contributed by atoms with E-state index in [-0.39, 0.29) is 6.71 Å². The fraction of sp³-hybridized carbons (Fsp3) is 0. The highest BCUT2D eigenvalue weighted by atomic mass is 32.1. The van der Waals surface area contributed by atoms with Crippen molar-refractivity contribution in [3.63, 3.8) is 0 Å². The van der Waals surface area contributed by atoms with Crippen molar-refractivity contribution in [3.8, 4) is 17.2 Å². The van der Waals surface area contributed by atoms with Crippen LogP contribution in [-0.4, -0.2) is 11.3 Å². The number of ether oxygens (including phenoxy) is 1. The first-order valence-electron chi connectivity index (χ1n) is 11.7. The number of aromatic nitrogens is 1. The van der Waals surface area contributed by atoms with Crippen LogP contribution < -0.4 is 21.1 Å². The van der Waals surface area contributed by atoms with Crippen LogP contribution in [0.2, 0.25) is 0 Å². The Balaban J connectivity index is 1.63. The van der Waals surface area contributed by atoms with E-state index in [1.54, 1.807) is 0 Å². The van der Waals surface area contributed by atoms with Gasteiger partial charge in [0.05, 0.1) is 11.0 Å². The third kappa shape index (κ3) is 1.92. The summed E-state index contributed by atoms with van der Waals surface area (Å²) >= 11 is 1.90. The summed E-state index contributed by atoms with van der Waals surface area (Å²) in [5.74, 6) is 1.93. The Labute approximate surface area is 199 Å². The second-order valence-electron chi connectivity index (χ2n) is 9.27. The van der Waals surface area contributed by atoms with Crippen molar-refractivity contribution in [3.05, 3.63) is 97.1 Å². The molecule has 2 nitrogen and oxygen atoms in total. The first-order valence-corrected chi connectivity index (χ1v) is 12.5. The van der Waals surface area contributed by atoms with Crippen molar-refractivity contribution in [1.29, 1.82) is 0 Å². The van der Waals surface area contributed by atoms with Crippen LogP contribution in [0.15, 0.2) is 97.1 Å². The van der Waals surface area contributed by atoms with Crippen molar-refractivity contribution >= 4 is 76.4 Å². The number of rotatable bonds is 0. The van der Waals surface area contributed by atoms with Gasteiger partial charge in [0.1, 0.15) is 11.5 Å². The average molecular weight is 449 g/mol. The van der Waals surface area contributed by atoms with Crippen LogP contribution in [0, 0.1) is 0 Å². The Bertz CT molecular complexity index is 2010. The highest BCUT2D eigenvalue weighted by Gasteiger charge is 2.41. The summed E-state index contributed by atoms with van der Waals surface area (Å²) in [6.07, 6.45) is 0. The van der Waals surface area contributed by atoms with Gasteiger partial charge in [-0.05, 0) is 63.6 Å². The normalized spacial score (nSPS) is 13.5. The average Bonchev–Trinajstić information content (AvgIpc) is 3.42. The molecule has 0 amide bonds. The molecule has 0 saturated carbocycles. The third-order valence-electron chi connectivity index (χ3n) is 7.65. The van der Waals surface area contributed by atoms with Crippen LogP contribution in [0.5, 0.6) is 11.5 Å². The number of nitrogens with zero attached hydrogens (tertiary/aromatic N) is 1. The zero-order valence-electron chi connectivity index (χ0n) is 18.1. The highest BCUT2D eigenvalue weighted by Crippen LogP contribution is 2.42. The maximum Gasteiger partial charge on any atom is 0.257 e. The molecule has 0 unspecified atom stereocenters. The minimum atomic E-state index is 0.136. The second kappa shape index (κ2) is 5.91. The van der Waals surface area contributed by atoms with Gasteiger partial charge in [-0.15, -0.1) is 11.3 Å². The van der Waals surface area contributed by atoms with E-state index in [1.807, 2.05) is 11.3 Å². The summed E-state index contributed by atoms with van der Waals surface area (Å²) in [7, 11) is 0. The lowest BCUT2D eigenvalue weighted by molar-refractivity contribution is 0.487. The van der Waals surface area contributed by atoms with E-state index in [9.17, 15) is 0 Å². The Morgan fingerprint density at radius 2 is 1.44 bits per heavy atom. The monoisotopic (exact) mass is 449 g/mol. The predicted octanol–water partition coefficient (Wildman–Crippen LogP) is 6.09. The largest absolute Gasteiger partial charge is 0.458 e. The van der Waals surface area contributed by atoms with Crippen LogP contribution in [0.1, 0.15) is 0 Å². The van der Waals surface area contributed by atoms with Crippen LogP contribution in [0.25, 0.3) is 47.7 Å². The summed E-state index contributed by atoms with van der Waals surface area (Å²) < 4.78 is 11.7. The Morgan fingerprint density at radius 1 is 0.647 bits per heavy atom. The number of thiophene rings is 1. The smallest absolute Gasteiger partial charge is 0.257 e. The zero-order valence-corrected chi connectivity index (χ0v) is 18.9. The quantitative estimate of drug-likeness (QED) is 0.256. The molecule has 2 aromatic heterocycles. The molecule has 9 rings (SSSR count). The number of hydrogen-bond donors (Lipinski definition) is 0. The minimum absolute atomic E-state index is 0.136. The molecule has 4 heteroatoms. The van der Waals surface area contributed by atoms with E-state index in [4.69, 9.17) is 4.74 Å². The maximum atomic E-state index is 6.49. The summed E-state index contributed by atoms with van der Waals surface area (Å²) in [5.41, 5.74) is 7.77. The first-order chi connectivity index (χ1) is 16.9. The van der Waals surface area contributed by atoms with Gasteiger partial charge < -0.3 is 9.30 Å². The summed E-state index contributed by atoms with van der Waals surface area (Å²) in [4.78, 5) is 0. The molecule has 0 atom stereocenters. The maximum absolute atomic E-state index is 6.49. The van der Waals surface area contributed by atoms with E-state index in [0.717, 1.165) is 11.5 Å². The molecule has 0 N–H and O–H groups in total. The lowest BCUT2D eigenvalue weighted by atomic mass is 9.34. The fourth-order valence-corrected chi connectivity index (χ4v) is 7.56. The van der Waals surface area contributed by atoms with E-state index in [0.29, 0.717) is 0 Å². The van der Waals surface area contributed by atoms with Crippen LogP contribution in [0.4, 0.5) is 0 Å². The SMILES string of the molecule is c1ccc2c(c1)Oc1cccc3c1B2c1c2c(cc4c5ccccc5n-3c14)sc1ccccc12. The number of benzene rings is 5. The molecule has 0 saturated heterocycles. The standard InChI is InChI=1S/C30H16BNOS/c1-4-11-21-17(8-1)19-16-26-27(18-9-2-6-15-25(18)34-26)29-30(19)32(21)22-12-7-14-24-28(22)31(29)20-10-3-5-13-23(20)33-24/h1-16H. The van der Waals surface area contributed by atoms with Gasteiger partial charge in [0, 0.05) is 25.9 Å². The van der Waals surface area contributed by atoms with Gasteiger partial charge in [0.25, 0.3) is 6.71 Å². The van der Waals surface area contributed by atoms with Crippen molar-refractivity contribution in [1.82, 2.24) is 4.57 Å².